The van der Waals surface area contributed by atoms with E-state index in [9.17, 15) is 0 Å². The van der Waals surface area contributed by atoms with Gasteiger partial charge in [0.2, 0.25) is 0 Å². The van der Waals surface area contributed by atoms with Crippen LogP contribution in [0.4, 0.5) is 5.69 Å². The van der Waals surface area contributed by atoms with Crippen LogP contribution in [-0.4, -0.2) is 13.7 Å². The van der Waals surface area contributed by atoms with E-state index in [2.05, 4.69) is 71.7 Å². The van der Waals surface area contributed by atoms with Crippen LogP contribution in [0.15, 0.2) is 36.4 Å². The normalized spacial score (nSPS) is 8.95. The highest BCUT2D eigenvalue weighted by Gasteiger charge is 2.05. The van der Waals surface area contributed by atoms with Gasteiger partial charge in [-0.2, -0.15) is 0 Å². The lowest BCUT2D eigenvalue weighted by Crippen LogP contribution is -1.94. The average Bonchev–Trinajstić information content (AvgIpc) is 2.54. The van der Waals surface area contributed by atoms with Gasteiger partial charge in [0.05, 0.1) is 0 Å². The molecule has 0 heterocycles. The number of hydrogen-bond acceptors (Lipinski definition) is 1. The summed E-state index contributed by atoms with van der Waals surface area (Å²) in [6.45, 7) is 12.3. The molecule has 2 heteroatoms. The molecule has 0 saturated heterocycles. The van der Waals surface area contributed by atoms with Crippen molar-refractivity contribution >= 4 is 14.9 Å². The summed E-state index contributed by atoms with van der Waals surface area (Å²) >= 11 is 0. The van der Waals surface area contributed by atoms with E-state index in [1.165, 1.54) is 33.5 Å². The monoisotopic (exact) mass is 303 g/mol. The number of aryl methyl sites for hydroxylation is 3. The van der Waals surface area contributed by atoms with Gasteiger partial charge in [-0.3, -0.25) is 0 Å². The fourth-order valence-electron chi connectivity index (χ4n) is 2.13. The molecule has 0 bridgehead atoms. The highest BCUT2D eigenvalue weighted by molar-refractivity contribution is 7.15. The van der Waals surface area contributed by atoms with Crippen LogP contribution < -0.4 is 5.32 Å². The van der Waals surface area contributed by atoms with E-state index in [1.807, 2.05) is 27.6 Å². The Morgan fingerprint density at radius 1 is 0.810 bits per heavy atom. The molecule has 1 N–H and O–H groups in total. The zero-order valence-electron chi connectivity index (χ0n) is 14.5. The van der Waals surface area contributed by atoms with Crippen LogP contribution in [0.3, 0.4) is 0 Å². The molecule has 0 radical (unpaired) electrons. The zero-order valence-corrected chi connectivity index (χ0v) is 15.7. The van der Waals surface area contributed by atoms with Gasteiger partial charge in [0.25, 0.3) is 0 Å². The maximum Gasteiger partial charge on any atom is 0.0370 e. The third kappa shape index (κ3) is 5.52. The van der Waals surface area contributed by atoms with Crippen LogP contribution >= 0.6 is 9.24 Å². The average molecular weight is 303 g/mol. The van der Waals surface area contributed by atoms with Crippen molar-refractivity contribution in [3.63, 3.8) is 0 Å². The summed E-state index contributed by atoms with van der Waals surface area (Å²) in [6, 6.07) is 13.2. The van der Waals surface area contributed by atoms with Gasteiger partial charge in [-0.05, 0) is 55.2 Å². The topological polar surface area (TPSA) is 12.0 Å². The summed E-state index contributed by atoms with van der Waals surface area (Å²) in [7, 11) is 4.38. The first-order chi connectivity index (χ1) is 10.1. The van der Waals surface area contributed by atoms with Gasteiger partial charge in [0.1, 0.15) is 0 Å². The molecule has 2 aromatic rings. The molecular weight excluding hydrogens is 273 g/mol. The third-order valence-electron chi connectivity index (χ3n) is 3.20. The van der Waals surface area contributed by atoms with E-state index < -0.39 is 0 Å². The van der Waals surface area contributed by atoms with Gasteiger partial charge in [-0.15, -0.1) is 9.24 Å². The maximum absolute atomic E-state index is 3.22. The van der Waals surface area contributed by atoms with Gasteiger partial charge < -0.3 is 5.32 Å². The van der Waals surface area contributed by atoms with E-state index in [1.54, 1.807) is 0 Å². The highest BCUT2D eigenvalue weighted by Crippen LogP contribution is 2.28. The Morgan fingerprint density at radius 2 is 1.33 bits per heavy atom. The molecule has 1 atom stereocenters. The quantitative estimate of drug-likeness (QED) is 0.687. The molecule has 0 fully saturated rings. The third-order valence-corrected chi connectivity index (χ3v) is 3.20. The van der Waals surface area contributed by atoms with Crippen molar-refractivity contribution in [3.05, 3.63) is 53.1 Å². The van der Waals surface area contributed by atoms with E-state index in [-0.39, 0.29) is 0 Å². The molecule has 1 unspecified atom stereocenters. The summed E-state index contributed by atoms with van der Waals surface area (Å²) in [5.74, 6) is 0. The maximum atomic E-state index is 3.22. The Hall–Kier alpha value is -1.33. The van der Waals surface area contributed by atoms with Crippen molar-refractivity contribution in [3.8, 4) is 11.1 Å². The van der Waals surface area contributed by atoms with E-state index in [0.717, 1.165) is 0 Å². The Morgan fingerprint density at radius 3 is 1.81 bits per heavy atom. The van der Waals surface area contributed by atoms with E-state index in [0.29, 0.717) is 0 Å². The van der Waals surface area contributed by atoms with Crippen LogP contribution in [-0.2, 0) is 0 Å². The highest BCUT2D eigenvalue weighted by atomic mass is 31.0. The Labute approximate surface area is 133 Å². The molecule has 0 aromatic heterocycles. The summed E-state index contributed by atoms with van der Waals surface area (Å²) in [5, 5.41) is 3.22. The number of nitrogens with one attached hydrogen (secondary N) is 1. The van der Waals surface area contributed by atoms with Gasteiger partial charge in [0, 0.05) is 12.7 Å². The standard InChI is InChI=1S/C16H19N.C2H6.CH5P/c1-11-5-7-14(8-6-11)15-9-13(3)16(17-4)10-12(15)2;2*1-2/h5-10,17H,1-4H3;1-2H3;2H2,1H3. The number of benzene rings is 2. The van der Waals surface area contributed by atoms with Crippen LogP contribution in [0.25, 0.3) is 11.1 Å². The van der Waals surface area contributed by atoms with E-state index >= 15 is 0 Å². The molecule has 0 spiro atoms. The van der Waals surface area contributed by atoms with Crippen LogP contribution in [0.2, 0.25) is 0 Å². The summed E-state index contributed by atoms with van der Waals surface area (Å²) < 4.78 is 0. The Kier molecular flexibility index (Phi) is 9.75. The van der Waals surface area contributed by atoms with Gasteiger partial charge >= 0.3 is 0 Å². The molecule has 0 aliphatic carbocycles. The molecular formula is C19H30NP. The van der Waals surface area contributed by atoms with Gasteiger partial charge in [-0.1, -0.05) is 50.3 Å². The summed E-state index contributed by atoms with van der Waals surface area (Å²) in [5.41, 5.74) is 7.71. The van der Waals surface area contributed by atoms with Crippen molar-refractivity contribution in [1.29, 1.82) is 0 Å². The van der Waals surface area contributed by atoms with Crippen molar-refractivity contribution in [2.24, 2.45) is 0 Å². The minimum atomic E-state index is 1.21. The van der Waals surface area contributed by atoms with Crippen molar-refractivity contribution in [1.82, 2.24) is 0 Å². The first-order valence-electron chi connectivity index (χ1n) is 7.55. The molecule has 0 aliphatic heterocycles. The molecule has 1 nitrogen and oxygen atoms in total. The molecule has 21 heavy (non-hydrogen) atoms. The van der Waals surface area contributed by atoms with E-state index in [4.69, 9.17) is 0 Å². The molecule has 116 valence electrons. The van der Waals surface area contributed by atoms with Gasteiger partial charge in [0.15, 0.2) is 0 Å². The molecule has 2 aromatic carbocycles. The lowest BCUT2D eigenvalue weighted by molar-refractivity contribution is 1.35. The molecule has 0 amide bonds. The number of hydrogen-bond donors (Lipinski definition) is 1. The Bertz CT molecular complexity index is 530. The minimum Gasteiger partial charge on any atom is -0.388 e. The van der Waals surface area contributed by atoms with Crippen molar-refractivity contribution < 1.29 is 0 Å². The van der Waals surface area contributed by atoms with Crippen LogP contribution in [0.1, 0.15) is 30.5 Å². The first-order valence-corrected chi connectivity index (χ1v) is 8.71. The zero-order chi connectivity index (χ0) is 16.4. The fourth-order valence-corrected chi connectivity index (χ4v) is 2.13. The second-order valence-electron chi connectivity index (χ2n) is 4.60. The molecule has 0 aliphatic rings. The summed E-state index contributed by atoms with van der Waals surface area (Å²) in [4.78, 5) is 0. The lowest BCUT2D eigenvalue weighted by atomic mass is 9.96. The largest absolute Gasteiger partial charge is 0.388 e. The second-order valence-corrected chi connectivity index (χ2v) is 4.60. The predicted octanol–water partition coefficient (Wildman–Crippen LogP) is 5.84. The molecule has 0 saturated carbocycles. The lowest BCUT2D eigenvalue weighted by Gasteiger charge is -2.12. The fraction of sp³-hybridized carbons (Fsp3) is 0.368. The summed E-state index contributed by atoms with van der Waals surface area (Å²) in [6.07, 6.45) is 0. The predicted molar refractivity (Wildman–Crippen MR) is 103 cm³/mol. The Balaban J connectivity index is 0.000000921. The first kappa shape index (κ1) is 19.7. The number of anilines is 1. The van der Waals surface area contributed by atoms with Crippen LogP contribution in [0, 0.1) is 20.8 Å². The van der Waals surface area contributed by atoms with Crippen molar-refractivity contribution in [2.45, 2.75) is 34.6 Å². The minimum absolute atomic E-state index is 1.21. The van der Waals surface area contributed by atoms with Crippen LogP contribution in [0.5, 0.6) is 0 Å². The SMILES string of the molecule is CC.CNc1cc(C)c(-c2ccc(C)cc2)cc1C.CP. The smallest absolute Gasteiger partial charge is 0.0370 e. The van der Waals surface area contributed by atoms with Crippen molar-refractivity contribution in [2.75, 3.05) is 19.0 Å². The second kappa shape index (κ2) is 10.4. The van der Waals surface area contributed by atoms with Gasteiger partial charge in [-0.25, -0.2) is 0 Å². The molecule has 2 rings (SSSR count). The number of rotatable bonds is 2.